The van der Waals surface area contributed by atoms with Gasteiger partial charge in [0, 0.05) is 30.4 Å². The lowest BCUT2D eigenvalue weighted by molar-refractivity contribution is -0.122. The Labute approximate surface area is 266 Å². The molecule has 7 nitrogen and oxygen atoms in total. The number of para-hydroxylation sites is 1. The van der Waals surface area contributed by atoms with Gasteiger partial charge in [0.05, 0.1) is 22.0 Å². The van der Waals surface area contributed by atoms with Crippen molar-refractivity contribution in [1.82, 2.24) is 19.0 Å². The molecule has 2 aliphatic rings. The first-order chi connectivity index (χ1) is 21.1. The van der Waals surface area contributed by atoms with Crippen molar-refractivity contribution in [3.05, 3.63) is 107 Å². The maximum absolute atomic E-state index is 13.7. The summed E-state index contributed by atoms with van der Waals surface area (Å²) in [6.07, 6.45) is 4.58. The standard InChI is InChI=1S/C33H31FN4O3S3/c1-22-15-23(2)19-36(18-22)44(40,41)29-10-6-7-25(16-29)31-26(21-38(35-31)28-8-4-3-5-9-28)17-30-32(39)37(33(42)43-30)20-24-11-13-27(34)14-12-24/h3-14,16-17,21-23H,15,18-20H2,1-2H3. The van der Waals surface area contributed by atoms with Gasteiger partial charge in [-0.1, -0.05) is 80.3 Å². The molecule has 44 heavy (non-hydrogen) atoms. The molecule has 6 rings (SSSR count). The number of piperidine rings is 1. The second-order valence-electron chi connectivity index (χ2n) is 11.4. The van der Waals surface area contributed by atoms with Crippen molar-refractivity contribution in [2.45, 2.75) is 31.7 Å². The Kier molecular flexibility index (Phi) is 8.56. The quantitative estimate of drug-likeness (QED) is 0.164. The Balaban J connectivity index is 1.37. The first kappa shape index (κ1) is 30.4. The zero-order chi connectivity index (χ0) is 31.0. The fourth-order valence-electron chi connectivity index (χ4n) is 5.74. The highest BCUT2D eigenvalue weighted by molar-refractivity contribution is 8.26. The number of halogens is 1. The van der Waals surface area contributed by atoms with Gasteiger partial charge >= 0.3 is 0 Å². The van der Waals surface area contributed by atoms with Gasteiger partial charge < -0.3 is 0 Å². The van der Waals surface area contributed by atoms with Crippen molar-refractivity contribution >= 4 is 50.3 Å². The van der Waals surface area contributed by atoms with Gasteiger partial charge in [0.1, 0.15) is 15.8 Å². The molecule has 2 unspecified atom stereocenters. The maximum atomic E-state index is 13.7. The smallest absolute Gasteiger partial charge is 0.266 e. The Morgan fingerprint density at radius 3 is 2.41 bits per heavy atom. The lowest BCUT2D eigenvalue weighted by Gasteiger charge is -2.34. The van der Waals surface area contributed by atoms with Gasteiger partial charge in [-0.3, -0.25) is 9.69 Å². The van der Waals surface area contributed by atoms with E-state index in [1.807, 2.05) is 42.6 Å². The Bertz CT molecular complexity index is 1850. The Morgan fingerprint density at radius 1 is 1.00 bits per heavy atom. The maximum Gasteiger partial charge on any atom is 0.266 e. The van der Waals surface area contributed by atoms with Crippen molar-refractivity contribution in [2.75, 3.05) is 13.1 Å². The molecule has 2 fully saturated rings. The van der Waals surface area contributed by atoms with E-state index in [1.54, 1.807) is 45.4 Å². The lowest BCUT2D eigenvalue weighted by atomic mass is 9.94. The normalized spacial score (nSPS) is 20.5. The van der Waals surface area contributed by atoms with Crippen molar-refractivity contribution in [3.63, 3.8) is 0 Å². The number of aromatic nitrogens is 2. The first-order valence-corrected chi connectivity index (χ1v) is 17.0. The molecule has 1 amide bonds. The van der Waals surface area contributed by atoms with E-state index in [9.17, 15) is 17.6 Å². The van der Waals surface area contributed by atoms with Crippen LogP contribution in [-0.2, 0) is 21.4 Å². The van der Waals surface area contributed by atoms with E-state index < -0.39 is 10.0 Å². The minimum atomic E-state index is -3.72. The third-order valence-corrected chi connectivity index (χ3v) is 11.0. The SMILES string of the molecule is CC1CC(C)CN(S(=O)(=O)c2cccc(-c3nn(-c4ccccc4)cc3C=C3SC(=S)N(Cc4ccc(F)cc4)C3=O)c2)C1. The van der Waals surface area contributed by atoms with E-state index in [-0.39, 0.29) is 35.0 Å². The molecule has 0 saturated carbocycles. The van der Waals surface area contributed by atoms with Crippen molar-refractivity contribution in [3.8, 4) is 16.9 Å². The summed E-state index contributed by atoms with van der Waals surface area (Å²) in [5.74, 6) is -0.0374. The summed E-state index contributed by atoms with van der Waals surface area (Å²) in [6, 6.07) is 22.4. The van der Waals surface area contributed by atoms with Crippen LogP contribution in [0.3, 0.4) is 0 Å². The topological polar surface area (TPSA) is 75.5 Å². The summed E-state index contributed by atoms with van der Waals surface area (Å²) in [5.41, 5.74) is 3.38. The van der Waals surface area contributed by atoms with Gasteiger partial charge in [0.2, 0.25) is 10.0 Å². The van der Waals surface area contributed by atoms with Crippen LogP contribution in [0.25, 0.3) is 23.0 Å². The van der Waals surface area contributed by atoms with Crippen LogP contribution < -0.4 is 0 Å². The summed E-state index contributed by atoms with van der Waals surface area (Å²) in [6.45, 7) is 5.37. The van der Waals surface area contributed by atoms with Gasteiger partial charge in [0.15, 0.2) is 0 Å². The van der Waals surface area contributed by atoms with E-state index in [1.165, 1.54) is 28.8 Å². The van der Waals surface area contributed by atoms with E-state index in [0.29, 0.717) is 39.1 Å². The summed E-state index contributed by atoms with van der Waals surface area (Å²) < 4.78 is 44.6. The van der Waals surface area contributed by atoms with Gasteiger partial charge in [-0.05, 0) is 66.3 Å². The zero-order valence-corrected chi connectivity index (χ0v) is 26.7. The molecule has 1 aromatic heterocycles. The molecule has 11 heteroatoms. The van der Waals surface area contributed by atoms with Crippen LogP contribution in [0.15, 0.2) is 94.9 Å². The highest BCUT2D eigenvalue weighted by Gasteiger charge is 2.34. The number of sulfonamides is 1. The largest absolute Gasteiger partial charge is 0.288 e. The summed E-state index contributed by atoms with van der Waals surface area (Å²) >= 11 is 6.73. The molecule has 0 bridgehead atoms. The third-order valence-electron chi connectivity index (χ3n) is 7.76. The average Bonchev–Trinajstić information content (AvgIpc) is 3.54. The van der Waals surface area contributed by atoms with Crippen LogP contribution in [0.5, 0.6) is 0 Å². The van der Waals surface area contributed by atoms with E-state index >= 15 is 0 Å². The number of carbonyl (C=O) groups is 1. The Morgan fingerprint density at radius 2 is 1.70 bits per heavy atom. The van der Waals surface area contributed by atoms with Crippen molar-refractivity contribution in [2.24, 2.45) is 11.8 Å². The fourth-order valence-corrected chi connectivity index (χ4v) is 8.71. The molecular weight excluding hydrogens is 616 g/mol. The summed E-state index contributed by atoms with van der Waals surface area (Å²) in [5, 5.41) is 4.85. The fraction of sp³-hybridized carbons (Fsp3) is 0.242. The van der Waals surface area contributed by atoms with E-state index in [0.717, 1.165) is 17.7 Å². The van der Waals surface area contributed by atoms with Crippen LogP contribution in [0.1, 0.15) is 31.4 Å². The number of thioether (sulfide) groups is 1. The molecule has 2 atom stereocenters. The number of carbonyl (C=O) groups excluding carboxylic acids is 1. The molecule has 3 aromatic carbocycles. The highest BCUT2D eigenvalue weighted by atomic mass is 32.2. The molecule has 0 aliphatic carbocycles. The third kappa shape index (κ3) is 6.28. The van der Waals surface area contributed by atoms with Crippen LogP contribution in [0.2, 0.25) is 0 Å². The average molecular weight is 647 g/mol. The molecule has 2 aliphatic heterocycles. The summed E-state index contributed by atoms with van der Waals surface area (Å²) in [4.78, 5) is 15.6. The molecule has 2 saturated heterocycles. The van der Waals surface area contributed by atoms with E-state index in [4.69, 9.17) is 17.3 Å². The Hall–Kier alpha value is -3.64. The summed E-state index contributed by atoms with van der Waals surface area (Å²) in [7, 11) is -3.72. The number of hydrogen-bond donors (Lipinski definition) is 0. The molecule has 226 valence electrons. The number of nitrogens with zero attached hydrogens (tertiary/aromatic N) is 4. The first-order valence-electron chi connectivity index (χ1n) is 14.3. The molecule has 0 radical (unpaired) electrons. The molecule has 3 heterocycles. The van der Waals surface area contributed by atoms with Crippen LogP contribution >= 0.6 is 24.0 Å². The number of benzene rings is 3. The minimum Gasteiger partial charge on any atom is -0.288 e. The molecular formula is C33H31FN4O3S3. The number of thiocarbonyl (C=S) groups is 1. The molecule has 4 aromatic rings. The van der Waals surface area contributed by atoms with Crippen molar-refractivity contribution < 1.29 is 17.6 Å². The predicted molar refractivity (Wildman–Crippen MR) is 176 cm³/mol. The van der Waals surface area contributed by atoms with Gasteiger partial charge in [-0.15, -0.1) is 0 Å². The second kappa shape index (κ2) is 12.4. The number of amides is 1. The van der Waals surface area contributed by atoms with Gasteiger partial charge in [0.25, 0.3) is 5.91 Å². The van der Waals surface area contributed by atoms with Crippen LogP contribution in [0, 0.1) is 17.7 Å². The van der Waals surface area contributed by atoms with Gasteiger partial charge in [-0.25, -0.2) is 17.5 Å². The van der Waals surface area contributed by atoms with Crippen LogP contribution in [0.4, 0.5) is 4.39 Å². The van der Waals surface area contributed by atoms with E-state index in [2.05, 4.69) is 13.8 Å². The predicted octanol–water partition coefficient (Wildman–Crippen LogP) is 6.75. The van der Waals surface area contributed by atoms with Crippen LogP contribution in [-0.4, -0.2) is 50.7 Å². The molecule has 0 spiro atoms. The van der Waals surface area contributed by atoms with Crippen molar-refractivity contribution in [1.29, 1.82) is 0 Å². The number of hydrogen-bond acceptors (Lipinski definition) is 6. The zero-order valence-electron chi connectivity index (χ0n) is 24.3. The minimum absolute atomic E-state index is 0.210. The highest BCUT2D eigenvalue weighted by Crippen LogP contribution is 2.36. The monoisotopic (exact) mass is 646 g/mol. The lowest BCUT2D eigenvalue weighted by Crippen LogP contribution is -2.42. The molecule has 0 N–H and O–H groups in total. The van der Waals surface area contributed by atoms with Gasteiger partial charge in [-0.2, -0.15) is 9.40 Å². The number of rotatable bonds is 7. The second-order valence-corrected chi connectivity index (χ2v) is 15.0.